The second-order valence-corrected chi connectivity index (χ2v) is 5.06. The molecule has 0 fully saturated rings. The Morgan fingerprint density at radius 1 is 1.53 bits per heavy atom. The van der Waals surface area contributed by atoms with E-state index in [-0.39, 0.29) is 6.54 Å². The van der Waals surface area contributed by atoms with Crippen molar-refractivity contribution in [1.82, 2.24) is 0 Å². The molecule has 1 aromatic rings. The summed E-state index contributed by atoms with van der Waals surface area (Å²) in [4.78, 5) is 11.2. The normalized spacial score (nSPS) is 27.0. The number of benzene rings is 1. The molecule has 0 saturated heterocycles. The molecular formula is C14H19NO2. The Morgan fingerprint density at radius 3 is 2.88 bits per heavy atom. The van der Waals surface area contributed by atoms with E-state index in [9.17, 15) is 9.90 Å². The molecule has 1 aromatic carbocycles. The van der Waals surface area contributed by atoms with E-state index in [0.717, 1.165) is 24.8 Å². The van der Waals surface area contributed by atoms with E-state index in [4.69, 9.17) is 5.73 Å². The lowest BCUT2D eigenvalue weighted by Gasteiger charge is -2.45. The molecule has 3 nitrogen and oxygen atoms in total. The van der Waals surface area contributed by atoms with Gasteiger partial charge >= 0.3 is 0 Å². The summed E-state index contributed by atoms with van der Waals surface area (Å²) in [5.41, 5.74) is 6.09. The monoisotopic (exact) mass is 233 g/mol. The lowest BCUT2D eigenvalue weighted by molar-refractivity contribution is -0.130. The van der Waals surface area contributed by atoms with Gasteiger partial charge in [0.1, 0.15) is 5.60 Å². The van der Waals surface area contributed by atoms with Crippen LogP contribution in [0.2, 0.25) is 0 Å². The van der Waals surface area contributed by atoms with Gasteiger partial charge in [-0.2, -0.15) is 0 Å². The highest BCUT2D eigenvalue weighted by molar-refractivity contribution is 5.67. The maximum absolute atomic E-state index is 11.2. The number of hydrogen-bond acceptors (Lipinski definition) is 3. The van der Waals surface area contributed by atoms with Crippen molar-refractivity contribution in [2.75, 3.05) is 6.54 Å². The van der Waals surface area contributed by atoms with Crippen LogP contribution in [0, 0.1) is 0 Å². The Balaban J connectivity index is 2.61. The number of rotatable bonds is 3. The molecular weight excluding hydrogens is 214 g/mol. The topological polar surface area (TPSA) is 63.3 Å². The van der Waals surface area contributed by atoms with E-state index in [1.807, 2.05) is 18.2 Å². The number of nitrogens with two attached hydrogens (primary N) is 1. The van der Waals surface area contributed by atoms with E-state index in [1.165, 1.54) is 5.56 Å². The first kappa shape index (κ1) is 12.3. The molecule has 0 saturated carbocycles. The van der Waals surface area contributed by atoms with E-state index < -0.39 is 11.0 Å². The van der Waals surface area contributed by atoms with Crippen LogP contribution in [0.25, 0.3) is 0 Å². The van der Waals surface area contributed by atoms with Gasteiger partial charge in [-0.3, -0.25) is 0 Å². The summed E-state index contributed by atoms with van der Waals surface area (Å²) in [6, 6.07) is 7.97. The average Bonchev–Trinajstić information content (AvgIpc) is 2.37. The molecule has 0 amide bonds. The van der Waals surface area contributed by atoms with Gasteiger partial charge in [0.25, 0.3) is 0 Å². The largest absolute Gasteiger partial charge is 0.382 e. The van der Waals surface area contributed by atoms with Crippen molar-refractivity contribution in [2.45, 2.75) is 37.2 Å². The van der Waals surface area contributed by atoms with Gasteiger partial charge in [0.2, 0.25) is 0 Å². The number of carbonyl (C=O) groups is 1. The third kappa shape index (κ3) is 1.70. The van der Waals surface area contributed by atoms with Crippen LogP contribution in [0.4, 0.5) is 0 Å². The summed E-state index contributed by atoms with van der Waals surface area (Å²) in [6.45, 7) is 1.85. The van der Waals surface area contributed by atoms with E-state index >= 15 is 0 Å². The Hall–Kier alpha value is -1.19. The molecule has 3 heteroatoms. The van der Waals surface area contributed by atoms with Crippen molar-refractivity contribution >= 4 is 6.29 Å². The molecule has 92 valence electrons. The van der Waals surface area contributed by atoms with Gasteiger partial charge in [0, 0.05) is 12.0 Å². The molecule has 1 aliphatic rings. The summed E-state index contributed by atoms with van der Waals surface area (Å²) >= 11 is 0. The van der Waals surface area contributed by atoms with Crippen molar-refractivity contribution < 1.29 is 9.90 Å². The molecule has 2 atom stereocenters. The molecule has 2 unspecified atom stereocenters. The van der Waals surface area contributed by atoms with Crippen molar-refractivity contribution in [2.24, 2.45) is 5.73 Å². The average molecular weight is 233 g/mol. The van der Waals surface area contributed by atoms with Crippen LogP contribution in [-0.2, 0) is 16.6 Å². The molecule has 0 bridgehead atoms. The van der Waals surface area contributed by atoms with Crippen molar-refractivity contribution in [3.63, 3.8) is 0 Å². The third-order valence-corrected chi connectivity index (χ3v) is 4.13. The lowest BCUT2D eigenvalue weighted by atomic mass is 9.61. The fraction of sp³-hybridized carbons (Fsp3) is 0.500. The number of aldehydes is 1. The van der Waals surface area contributed by atoms with Gasteiger partial charge in [0.05, 0.1) is 0 Å². The lowest BCUT2D eigenvalue weighted by Crippen LogP contribution is -2.56. The van der Waals surface area contributed by atoms with Crippen molar-refractivity contribution in [3.05, 3.63) is 35.4 Å². The maximum atomic E-state index is 11.2. The van der Waals surface area contributed by atoms with E-state index in [0.29, 0.717) is 6.29 Å². The van der Waals surface area contributed by atoms with Crippen LogP contribution in [0.1, 0.15) is 30.9 Å². The van der Waals surface area contributed by atoms with Gasteiger partial charge < -0.3 is 15.6 Å². The zero-order valence-electron chi connectivity index (χ0n) is 10.1. The Kier molecular flexibility index (Phi) is 3.06. The van der Waals surface area contributed by atoms with Crippen LogP contribution < -0.4 is 5.73 Å². The maximum Gasteiger partial charge on any atom is 0.152 e. The first-order valence-electron chi connectivity index (χ1n) is 6.04. The van der Waals surface area contributed by atoms with Crippen molar-refractivity contribution in [1.29, 1.82) is 0 Å². The van der Waals surface area contributed by atoms with Gasteiger partial charge in [-0.15, -0.1) is 0 Å². The number of aryl methyl sites for hydroxylation is 1. The molecule has 0 radical (unpaired) electrons. The zero-order chi connectivity index (χ0) is 12.5. The molecule has 0 spiro atoms. The van der Waals surface area contributed by atoms with Crippen LogP contribution >= 0.6 is 0 Å². The quantitative estimate of drug-likeness (QED) is 0.770. The highest BCUT2D eigenvalue weighted by Gasteiger charge is 2.49. The van der Waals surface area contributed by atoms with Gasteiger partial charge in [-0.1, -0.05) is 24.3 Å². The molecule has 0 heterocycles. The fourth-order valence-corrected chi connectivity index (χ4v) is 2.98. The highest BCUT2D eigenvalue weighted by Crippen LogP contribution is 2.43. The Morgan fingerprint density at radius 2 is 2.24 bits per heavy atom. The molecule has 2 rings (SSSR count). The summed E-state index contributed by atoms with van der Waals surface area (Å²) in [5, 5.41) is 10.4. The summed E-state index contributed by atoms with van der Waals surface area (Å²) in [6.07, 6.45) is 3.33. The number of hydrogen-bond donors (Lipinski definition) is 2. The van der Waals surface area contributed by atoms with Crippen molar-refractivity contribution in [3.8, 4) is 0 Å². The van der Waals surface area contributed by atoms with E-state index in [2.05, 4.69) is 6.07 Å². The second kappa shape index (κ2) is 4.24. The molecule has 1 aliphatic carbocycles. The minimum Gasteiger partial charge on any atom is -0.382 e. The summed E-state index contributed by atoms with van der Waals surface area (Å²) in [5.74, 6) is 0. The van der Waals surface area contributed by atoms with Crippen LogP contribution in [0.5, 0.6) is 0 Å². The SMILES string of the molecule is CC(O)(C=O)C1(CN)CCCc2ccccc21. The smallest absolute Gasteiger partial charge is 0.152 e. The molecule has 0 aliphatic heterocycles. The highest BCUT2D eigenvalue weighted by atomic mass is 16.3. The molecule has 0 aromatic heterocycles. The standard InChI is InChI=1S/C14H19NO2/c1-13(17,10-16)14(9-15)8-4-6-11-5-2-3-7-12(11)14/h2-3,5,7,10,17H,4,6,8-9,15H2,1H3. The number of aliphatic hydroxyl groups is 1. The van der Waals surface area contributed by atoms with Crippen LogP contribution in [0.3, 0.4) is 0 Å². The van der Waals surface area contributed by atoms with Gasteiger partial charge in [-0.05, 0) is 37.3 Å². The second-order valence-electron chi connectivity index (χ2n) is 5.06. The van der Waals surface area contributed by atoms with Gasteiger partial charge in [0.15, 0.2) is 6.29 Å². The predicted octanol–water partition coefficient (Wildman–Crippen LogP) is 1.17. The van der Waals surface area contributed by atoms with Crippen LogP contribution in [0.15, 0.2) is 24.3 Å². The first-order chi connectivity index (χ1) is 8.07. The van der Waals surface area contributed by atoms with E-state index in [1.54, 1.807) is 6.92 Å². The number of fused-ring (bicyclic) bond motifs is 1. The number of carbonyl (C=O) groups excluding carboxylic acids is 1. The summed E-state index contributed by atoms with van der Waals surface area (Å²) in [7, 11) is 0. The first-order valence-corrected chi connectivity index (χ1v) is 6.04. The third-order valence-electron chi connectivity index (χ3n) is 4.13. The molecule has 17 heavy (non-hydrogen) atoms. The zero-order valence-corrected chi connectivity index (χ0v) is 10.1. The minimum absolute atomic E-state index is 0.287. The Labute approximate surface area is 102 Å². The minimum atomic E-state index is -1.40. The van der Waals surface area contributed by atoms with Gasteiger partial charge in [-0.25, -0.2) is 0 Å². The predicted molar refractivity (Wildman–Crippen MR) is 66.8 cm³/mol. The fourth-order valence-electron chi connectivity index (χ4n) is 2.98. The molecule has 3 N–H and O–H groups in total. The Bertz CT molecular complexity index is 428. The summed E-state index contributed by atoms with van der Waals surface area (Å²) < 4.78 is 0. The van der Waals surface area contributed by atoms with Crippen LogP contribution in [-0.4, -0.2) is 23.5 Å².